The van der Waals surface area contributed by atoms with Crippen LogP contribution in [0, 0.1) is 17.8 Å². The minimum atomic E-state index is -1.17. The van der Waals surface area contributed by atoms with Gasteiger partial charge in [-0.25, -0.2) is 0 Å². The Morgan fingerprint density at radius 2 is 2.05 bits per heavy atom. The van der Waals surface area contributed by atoms with E-state index in [-0.39, 0.29) is 35.8 Å². The third-order valence-electron chi connectivity index (χ3n) is 8.32. The van der Waals surface area contributed by atoms with Crippen molar-refractivity contribution < 1.29 is 33.7 Å². The molecule has 1 spiro atoms. The summed E-state index contributed by atoms with van der Waals surface area (Å²) in [7, 11) is 0. The Morgan fingerprint density at radius 3 is 2.66 bits per heavy atom. The van der Waals surface area contributed by atoms with E-state index in [9.17, 15) is 19.5 Å². The molecule has 4 heterocycles. The van der Waals surface area contributed by atoms with Gasteiger partial charge in [-0.1, -0.05) is 35.9 Å². The van der Waals surface area contributed by atoms with Gasteiger partial charge in [0.1, 0.15) is 11.6 Å². The first-order valence-corrected chi connectivity index (χ1v) is 14.7. The smallest absolute Gasteiger partial charge is 0.312 e. The minimum absolute atomic E-state index is 0.182. The van der Waals surface area contributed by atoms with Crippen LogP contribution in [0.1, 0.15) is 33.6 Å². The molecule has 4 rings (SSSR count). The third kappa shape index (κ3) is 5.29. The summed E-state index contributed by atoms with van der Waals surface area (Å²) in [6, 6.07) is -1.52. The summed E-state index contributed by atoms with van der Waals surface area (Å²) in [5, 5.41) is 10.4. The van der Waals surface area contributed by atoms with Crippen molar-refractivity contribution in [1.29, 1.82) is 0 Å². The molecule has 0 saturated carbocycles. The number of alkyl halides is 1. The zero-order valence-corrected chi connectivity index (χ0v) is 24.3. The molecule has 4 fully saturated rings. The molecule has 11 heteroatoms. The Morgan fingerprint density at radius 1 is 1.34 bits per heavy atom. The predicted octanol–water partition coefficient (Wildman–Crippen LogP) is 1.05. The lowest BCUT2D eigenvalue weighted by atomic mass is 9.70. The zero-order chi connectivity index (χ0) is 27.6. The quantitative estimate of drug-likeness (QED) is 0.201. The Labute approximate surface area is 233 Å². The number of likely N-dealkylation sites (tertiary alicyclic amines) is 1. The number of amides is 2. The number of aliphatic hydroxyl groups is 1. The van der Waals surface area contributed by atoms with Crippen LogP contribution in [0.4, 0.5) is 0 Å². The number of esters is 1. The van der Waals surface area contributed by atoms with Crippen molar-refractivity contribution in [3.63, 3.8) is 0 Å². The molecule has 0 aromatic heterocycles. The van der Waals surface area contributed by atoms with Crippen LogP contribution in [0.2, 0.25) is 0 Å². The highest BCUT2D eigenvalue weighted by molar-refractivity contribution is 9.09. The van der Waals surface area contributed by atoms with Gasteiger partial charge in [-0.15, -0.1) is 6.58 Å². The second kappa shape index (κ2) is 12.3. The van der Waals surface area contributed by atoms with Crippen molar-refractivity contribution in [2.75, 3.05) is 59.2 Å². The first-order valence-electron chi connectivity index (χ1n) is 13.8. The molecule has 0 aromatic carbocycles. The zero-order valence-electron chi connectivity index (χ0n) is 22.7. The molecule has 0 aromatic rings. The highest BCUT2D eigenvalue weighted by Gasteiger charge is 2.77. The van der Waals surface area contributed by atoms with E-state index in [4.69, 9.17) is 14.2 Å². The van der Waals surface area contributed by atoms with Gasteiger partial charge in [-0.2, -0.15) is 0 Å². The van der Waals surface area contributed by atoms with Crippen molar-refractivity contribution in [3.8, 4) is 0 Å². The van der Waals surface area contributed by atoms with Crippen molar-refractivity contribution in [2.45, 2.75) is 62.2 Å². The number of hydrogen-bond acceptors (Lipinski definition) is 8. The number of rotatable bonds is 12. The van der Waals surface area contributed by atoms with Crippen LogP contribution in [0.5, 0.6) is 0 Å². The van der Waals surface area contributed by atoms with Gasteiger partial charge in [0.05, 0.1) is 50.4 Å². The van der Waals surface area contributed by atoms with Crippen LogP contribution < -0.4 is 0 Å². The number of halogens is 1. The summed E-state index contributed by atoms with van der Waals surface area (Å²) in [6.45, 7) is 13.9. The first-order chi connectivity index (χ1) is 18.2. The van der Waals surface area contributed by atoms with Crippen LogP contribution in [0.3, 0.4) is 0 Å². The van der Waals surface area contributed by atoms with Gasteiger partial charge >= 0.3 is 5.97 Å². The standard InChI is InChI=1S/C27H42BrN3O7/c1-5-7-30(9-8-29-10-12-36-13-11-29)25(34)23-27-15-19(28)22(38-27)20(26(35)37-6-2)21(27)24(33)31(23)18(16-32)14-17(3)4/h5,17-23,32H,1,6-16H2,2-4H3/t18-,19?,20+,21-,22+,23+,27-/m1/s1. The molecule has 2 bridgehead atoms. The average molecular weight is 601 g/mol. The maximum absolute atomic E-state index is 14.5. The maximum Gasteiger partial charge on any atom is 0.312 e. The summed E-state index contributed by atoms with van der Waals surface area (Å²) in [5.74, 6) is -2.48. The predicted molar refractivity (Wildman–Crippen MR) is 144 cm³/mol. The number of nitrogens with zero attached hydrogens (tertiary/aromatic N) is 3. The van der Waals surface area contributed by atoms with E-state index in [0.29, 0.717) is 45.7 Å². The van der Waals surface area contributed by atoms with E-state index >= 15 is 0 Å². The van der Waals surface area contributed by atoms with E-state index in [1.807, 2.05) is 13.8 Å². The Kier molecular flexibility index (Phi) is 9.55. The number of fused-ring (bicyclic) bond motifs is 1. The molecule has 214 valence electrons. The molecule has 1 N–H and O–H groups in total. The molecule has 4 aliphatic heterocycles. The summed E-state index contributed by atoms with van der Waals surface area (Å²) >= 11 is 3.68. The molecule has 10 nitrogen and oxygen atoms in total. The van der Waals surface area contributed by atoms with Gasteiger partial charge in [0, 0.05) is 37.6 Å². The minimum Gasteiger partial charge on any atom is -0.466 e. The van der Waals surface area contributed by atoms with Gasteiger partial charge in [0.2, 0.25) is 11.8 Å². The number of carbonyl (C=O) groups excluding carboxylic acids is 3. The molecule has 0 aliphatic carbocycles. The maximum atomic E-state index is 14.5. The van der Waals surface area contributed by atoms with E-state index in [1.165, 1.54) is 0 Å². The van der Waals surface area contributed by atoms with Crippen LogP contribution in [-0.2, 0) is 28.6 Å². The molecular weight excluding hydrogens is 558 g/mol. The molecule has 1 unspecified atom stereocenters. The second-order valence-corrected chi connectivity index (χ2v) is 12.3. The van der Waals surface area contributed by atoms with Gasteiger partial charge in [0.15, 0.2) is 0 Å². The Hall–Kier alpha value is -1.53. The first kappa shape index (κ1) is 29.5. The van der Waals surface area contributed by atoms with E-state index in [0.717, 1.165) is 13.1 Å². The van der Waals surface area contributed by atoms with E-state index in [2.05, 4.69) is 27.4 Å². The third-order valence-corrected chi connectivity index (χ3v) is 9.16. The average Bonchev–Trinajstić information content (AvgIpc) is 3.48. The molecular formula is C27H42BrN3O7. The summed E-state index contributed by atoms with van der Waals surface area (Å²) in [5.41, 5.74) is -1.17. The number of ether oxygens (including phenoxy) is 3. The molecule has 2 amide bonds. The van der Waals surface area contributed by atoms with Gasteiger partial charge in [-0.3, -0.25) is 19.3 Å². The molecule has 4 saturated heterocycles. The lowest BCUT2D eigenvalue weighted by molar-refractivity contribution is -0.156. The Bertz CT molecular complexity index is 898. The molecule has 38 heavy (non-hydrogen) atoms. The summed E-state index contributed by atoms with van der Waals surface area (Å²) in [6.07, 6.45) is 2.07. The summed E-state index contributed by atoms with van der Waals surface area (Å²) < 4.78 is 17.4. The SMILES string of the molecule is C=CCN(CCN1CCOCC1)C(=O)[C@@H]1N([C@@H](CO)CC(C)C)C(=O)[C@H]2[C@H](C(=O)OCC)[C@H]3O[C@@]12CC3Br. The van der Waals surface area contributed by atoms with Gasteiger partial charge < -0.3 is 29.1 Å². The van der Waals surface area contributed by atoms with Crippen molar-refractivity contribution >= 4 is 33.7 Å². The van der Waals surface area contributed by atoms with Crippen molar-refractivity contribution in [1.82, 2.24) is 14.7 Å². The highest BCUT2D eigenvalue weighted by Crippen LogP contribution is 2.60. The molecule has 4 aliphatic rings. The monoisotopic (exact) mass is 599 g/mol. The van der Waals surface area contributed by atoms with Crippen molar-refractivity contribution in [2.24, 2.45) is 17.8 Å². The van der Waals surface area contributed by atoms with Crippen LogP contribution >= 0.6 is 15.9 Å². The summed E-state index contributed by atoms with van der Waals surface area (Å²) in [4.78, 5) is 47.1. The van der Waals surface area contributed by atoms with E-state index < -0.39 is 41.6 Å². The topological polar surface area (TPSA) is 109 Å². The number of morpholine rings is 1. The number of aliphatic hydroxyl groups excluding tert-OH is 1. The van der Waals surface area contributed by atoms with Crippen LogP contribution in [-0.4, -0.2) is 125 Å². The molecule has 7 atom stereocenters. The Balaban J connectivity index is 1.71. The largest absolute Gasteiger partial charge is 0.466 e. The van der Waals surface area contributed by atoms with Crippen molar-refractivity contribution in [3.05, 3.63) is 12.7 Å². The molecule has 0 radical (unpaired) electrons. The van der Waals surface area contributed by atoms with Gasteiger partial charge in [-0.05, 0) is 25.7 Å². The number of carbonyl (C=O) groups is 3. The lowest BCUT2D eigenvalue weighted by Gasteiger charge is -2.40. The second-order valence-electron chi connectivity index (χ2n) is 11.2. The fraction of sp³-hybridized carbons (Fsp3) is 0.815. The fourth-order valence-corrected chi connectivity index (χ4v) is 7.72. The van der Waals surface area contributed by atoms with Gasteiger partial charge in [0.25, 0.3) is 0 Å². The van der Waals surface area contributed by atoms with Crippen LogP contribution in [0.25, 0.3) is 0 Å². The van der Waals surface area contributed by atoms with Crippen LogP contribution in [0.15, 0.2) is 12.7 Å². The normalized spacial score (nSPS) is 33.5. The highest BCUT2D eigenvalue weighted by atomic mass is 79.9. The van der Waals surface area contributed by atoms with E-state index in [1.54, 1.807) is 22.8 Å². The number of hydrogen-bond donors (Lipinski definition) is 1. The lowest BCUT2D eigenvalue weighted by Crippen LogP contribution is -2.59. The fourth-order valence-electron chi connectivity index (χ4n) is 6.78.